The van der Waals surface area contributed by atoms with Gasteiger partial charge in [-0.1, -0.05) is 29.8 Å². The number of benzene rings is 1. The van der Waals surface area contributed by atoms with Gasteiger partial charge in [-0.25, -0.2) is 0 Å². The average molecular weight is 253 g/mol. The highest BCUT2D eigenvalue weighted by Gasteiger charge is 2.03. The van der Waals surface area contributed by atoms with Crippen LogP contribution < -0.4 is 5.32 Å². The first kappa shape index (κ1) is 14.6. The van der Waals surface area contributed by atoms with E-state index in [-0.39, 0.29) is 0 Å². The van der Waals surface area contributed by atoms with Crippen molar-refractivity contribution >= 4 is 11.8 Å². The molecule has 0 fully saturated rings. The van der Waals surface area contributed by atoms with Gasteiger partial charge >= 0.3 is 0 Å². The van der Waals surface area contributed by atoms with Crippen LogP contribution in [0.3, 0.4) is 0 Å². The lowest BCUT2D eigenvalue weighted by Gasteiger charge is -2.14. The smallest absolute Gasteiger partial charge is 0.0438 e. The van der Waals surface area contributed by atoms with Crippen molar-refractivity contribution in [2.75, 3.05) is 24.7 Å². The van der Waals surface area contributed by atoms with Gasteiger partial charge < -0.3 is 10.4 Å². The summed E-state index contributed by atoms with van der Waals surface area (Å²) in [5.41, 5.74) is 2.67. The van der Waals surface area contributed by atoms with E-state index in [0.717, 1.165) is 24.5 Å². The third-order valence-electron chi connectivity index (χ3n) is 2.69. The highest BCUT2D eigenvalue weighted by molar-refractivity contribution is 7.99. The lowest BCUT2D eigenvalue weighted by Crippen LogP contribution is -2.21. The van der Waals surface area contributed by atoms with Crippen LogP contribution in [0.5, 0.6) is 0 Å². The molecule has 0 radical (unpaired) electrons. The van der Waals surface area contributed by atoms with Crippen LogP contribution in [0.1, 0.15) is 30.5 Å². The van der Waals surface area contributed by atoms with E-state index < -0.39 is 0 Å². The molecule has 2 N–H and O–H groups in total. The Morgan fingerprint density at radius 3 is 2.88 bits per heavy atom. The van der Waals surface area contributed by atoms with E-state index in [1.54, 1.807) is 0 Å². The second-order valence-electron chi connectivity index (χ2n) is 4.28. The molecule has 1 aromatic rings. The Labute approximate surface area is 109 Å². The zero-order valence-corrected chi connectivity index (χ0v) is 11.6. The summed E-state index contributed by atoms with van der Waals surface area (Å²) in [7, 11) is 0. The van der Waals surface area contributed by atoms with Crippen LogP contribution in [0.4, 0.5) is 0 Å². The third kappa shape index (κ3) is 6.10. The van der Waals surface area contributed by atoms with Gasteiger partial charge in [0.2, 0.25) is 0 Å². The standard InChI is InChI=1S/C14H23NOS/c1-12-5-3-6-14(11-12)13(2)15-7-10-17-9-4-8-16/h3,5-6,11,13,15-16H,4,7-10H2,1-2H3. The van der Waals surface area contributed by atoms with Crippen LogP contribution >= 0.6 is 11.8 Å². The molecule has 2 nitrogen and oxygen atoms in total. The predicted octanol–water partition coefficient (Wildman–Crippen LogP) is 2.76. The molecule has 0 aliphatic carbocycles. The molecule has 3 heteroatoms. The fourth-order valence-electron chi connectivity index (χ4n) is 1.67. The van der Waals surface area contributed by atoms with Gasteiger partial charge in [0.25, 0.3) is 0 Å². The number of aryl methyl sites for hydroxylation is 1. The molecule has 96 valence electrons. The summed E-state index contributed by atoms with van der Waals surface area (Å²) >= 11 is 1.90. The van der Waals surface area contributed by atoms with Crippen molar-refractivity contribution in [2.45, 2.75) is 26.3 Å². The van der Waals surface area contributed by atoms with Crippen LogP contribution in [-0.2, 0) is 0 Å². The first-order chi connectivity index (χ1) is 8.24. The Morgan fingerprint density at radius 1 is 1.35 bits per heavy atom. The van der Waals surface area contributed by atoms with Gasteiger partial charge in [0, 0.05) is 24.9 Å². The summed E-state index contributed by atoms with van der Waals surface area (Å²) in [6, 6.07) is 9.05. The van der Waals surface area contributed by atoms with Gasteiger partial charge in [0.15, 0.2) is 0 Å². The van der Waals surface area contributed by atoms with Crippen molar-refractivity contribution < 1.29 is 5.11 Å². The monoisotopic (exact) mass is 253 g/mol. The van der Waals surface area contributed by atoms with Crippen molar-refractivity contribution in [1.29, 1.82) is 0 Å². The van der Waals surface area contributed by atoms with Gasteiger partial charge in [-0.05, 0) is 31.6 Å². The third-order valence-corrected chi connectivity index (χ3v) is 3.76. The van der Waals surface area contributed by atoms with E-state index in [4.69, 9.17) is 5.11 Å². The molecule has 0 aromatic heterocycles. The zero-order valence-electron chi connectivity index (χ0n) is 10.8. The van der Waals surface area contributed by atoms with E-state index >= 15 is 0 Å². The molecule has 0 saturated heterocycles. The minimum absolute atomic E-state index is 0.306. The Kier molecular flexibility index (Phi) is 7.33. The van der Waals surface area contributed by atoms with E-state index in [0.29, 0.717) is 12.6 Å². The first-order valence-electron chi connectivity index (χ1n) is 6.22. The Morgan fingerprint density at radius 2 is 2.18 bits per heavy atom. The lowest BCUT2D eigenvalue weighted by molar-refractivity contribution is 0.296. The number of rotatable bonds is 8. The van der Waals surface area contributed by atoms with Crippen molar-refractivity contribution in [3.05, 3.63) is 35.4 Å². The maximum absolute atomic E-state index is 8.66. The van der Waals surface area contributed by atoms with Crippen molar-refractivity contribution in [3.8, 4) is 0 Å². The van der Waals surface area contributed by atoms with Gasteiger partial charge in [0.05, 0.1) is 0 Å². The van der Waals surface area contributed by atoms with Crippen molar-refractivity contribution in [2.24, 2.45) is 0 Å². The summed E-state index contributed by atoms with van der Waals surface area (Å²) in [5, 5.41) is 12.2. The van der Waals surface area contributed by atoms with Crippen molar-refractivity contribution in [3.63, 3.8) is 0 Å². The Bertz CT molecular complexity index is 317. The fraction of sp³-hybridized carbons (Fsp3) is 0.571. The van der Waals surface area contributed by atoms with E-state index in [9.17, 15) is 0 Å². The fourth-order valence-corrected chi connectivity index (χ4v) is 2.47. The minimum Gasteiger partial charge on any atom is -0.396 e. The summed E-state index contributed by atoms with van der Waals surface area (Å²) in [5.74, 6) is 2.16. The van der Waals surface area contributed by atoms with E-state index in [1.807, 2.05) is 11.8 Å². The van der Waals surface area contributed by atoms with Crippen LogP contribution in [0.25, 0.3) is 0 Å². The van der Waals surface area contributed by atoms with Crippen LogP contribution in [-0.4, -0.2) is 29.8 Å². The minimum atomic E-state index is 0.306. The second-order valence-corrected chi connectivity index (χ2v) is 5.50. The number of aliphatic hydroxyl groups excluding tert-OH is 1. The number of nitrogens with one attached hydrogen (secondary N) is 1. The Balaban J connectivity index is 2.19. The molecule has 0 spiro atoms. The zero-order chi connectivity index (χ0) is 12.5. The van der Waals surface area contributed by atoms with Crippen LogP contribution in [0.2, 0.25) is 0 Å². The maximum Gasteiger partial charge on any atom is 0.0438 e. The molecule has 1 atom stereocenters. The van der Waals surface area contributed by atoms with E-state index in [2.05, 4.69) is 43.4 Å². The summed E-state index contributed by atoms with van der Waals surface area (Å²) < 4.78 is 0. The molecular formula is C14H23NOS. The molecular weight excluding hydrogens is 230 g/mol. The predicted molar refractivity (Wildman–Crippen MR) is 76.6 cm³/mol. The first-order valence-corrected chi connectivity index (χ1v) is 7.38. The number of aliphatic hydroxyl groups is 1. The lowest BCUT2D eigenvalue weighted by atomic mass is 10.1. The highest BCUT2D eigenvalue weighted by atomic mass is 32.2. The molecule has 0 bridgehead atoms. The molecule has 0 heterocycles. The molecule has 1 rings (SSSR count). The maximum atomic E-state index is 8.66. The number of thioether (sulfide) groups is 1. The SMILES string of the molecule is Cc1cccc(C(C)NCCSCCCO)c1. The molecule has 0 aliphatic rings. The highest BCUT2D eigenvalue weighted by Crippen LogP contribution is 2.13. The summed E-state index contributed by atoms with van der Waals surface area (Å²) in [6.45, 7) is 5.65. The molecule has 1 unspecified atom stereocenters. The second kappa shape index (κ2) is 8.56. The quantitative estimate of drug-likeness (QED) is 0.699. The van der Waals surface area contributed by atoms with Gasteiger partial charge in [-0.3, -0.25) is 0 Å². The Hall–Kier alpha value is -0.510. The molecule has 1 aromatic carbocycles. The van der Waals surface area contributed by atoms with Gasteiger partial charge in [-0.15, -0.1) is 0 Å². The van der Waals surface area contributed by atoms with E-state index in [1.165, 1.54) is 11.1 Å². The average Bonchev–Trinajstić information content (AvgIpc) is 2.33. The summed E-state index contributed by atoms with van der Waals surface area (Å²) in [4.78, 5) is 0. The van der Waals surface area contributed by atoms with Crippen LogP contribution in [0.15, 0.2) is 24.3 Å². The van der Waals surface area contributed by atoms with Gasteiger partial charge in [0.1, 0.15) is 0 Å². The summed E-state index contributed by atoms with van der Waals surface area (Å²) in [6.07, 6.45) is 0.901. The molecule has 17 heavy (non-hydrogen) atoms. The van der Waals surface area contributed by atoms with Crippen LogP contribution in [0, 0.1) is 6.92 Å². The largest absolute Gasteiger partial charge is 0.396 e. The normalized spacial score (nSPS) is 12.6. The number of hydrogen-bond acceptors (Lipinski definition) is 3. The molecule has 0 amide bonds. The van der Waals surface area contributed by atoms with Gasteiger partial charge in [-0.2, -0.15) is 11.8 Å². The molecule has 0 aliphatic heterocycles. The molecule has 0 saturated carbocycles. The van der Waals surface area contributed by atoms with Crippen molar-refractivity contribution in [1.82, 2.24) is 5.32 Å². The topological polar surface area (TPSA) is 32.3 Å². The number of hydrogen-bond donors (Lipinski definition) is 2.